The largest absolute Gasteiger partial charge is 0.497 e. The van der Waals surface area contributed by atoms with Gasteiger partial charge in [-0.3, -0.25) is 0 Å². The van der Waals surface area contributed by atoms with E-state index < -0.39 is 5.97 Å². The van der Waals surface area contributed by atoms with Crippen molar-refractivity contribution in [1.29, 1.82) is 0 Å². The number of esters is 1. The van der Waals surface area contributed by atoms with Crippen LogP contribution >= 0.6 is 0 Å². The van der Waals surface area contributed by atoms with E-state index in [0.717, 1.165) is 5.56 Å². The first-order chi connectivity index (χ1) is 12.6. The molecule has 0 heterocycles. The molecule has 6 nitrogen and oxygen atoms in total. The Balaban J connectivity index is 2.07. The summed E-state index contributed by atoms with van der Waals surface area (Å²) in [6.07, 6.45) is 2.94. The Labute approximate surface area is 152 Å². The number of methoxy groups -OCH3 is 4. The van der Waals surface area contributed by atoms with Crippen molar-refractivity contribution in [1.82, 2.24) is 0 Å². The number of carbonyl (C=O) groups is 1. The SMILES string of the molecule is COc1cccc(COC(=O)/C=C/c2cc(OC)c(OC)cc2OC)c1. The molecule has 2 aromatic rings. The summed E-state index contributed by atoms with van der Waals surface area (Å²) in [6, 6.07) is 10.8. The number of ether oxygens (including phenoxy) is 5. The molecule has 0 spiro atoms. The van der Waals surface area contributed by atoms with Crippen LogP contribution in [0.1, 0.15) is 11.1 Å². The predicted octanol–water partition coefficient (Wildman–Crippen LogP) is 3.48. The van der Waals surface area contributed by atoms with Gasteiger partial charge in [0.25, 0.3) is 0 Å². The topological polar surface area (TPSA) is 63.2 Å². The second kappa shape index (κ2) is 9.36. The summed E-state index contributed by atoms with van der Waals surface area (Å²) in [4.78, 5) is 12.0. The first-order valence-electron chi connectivity index (χ1n) is 7.89. The normalized spacial score (nSPS) is 10.5. The second-order valence-corrected chi connectivity index (χ2v) is 5.24. The van der Waals surface area contributed by atoms with Crippen LogP contribution in [0.3, 0.4) is 0 Å². The Morgan fingerprint density at radius 3 is 2.23 bits per heavy atom. The van der Waals surface area contributed by atoms with E-state index in [1.807, 2.05) is 24.3 Å². The zero-order chi connectivity index (χ0) is 18.9. The molecular formula is C20H22O6. The molecule has 0 bridgehead atoms. The lowest BCUT2D eigenvalue weighted by atomic mass is 10.1. The zero-order valence-electron chi connectivity index (χ0n) is 15.3. The Morgan fingerprint density at radius 2 is 1.58 bits per heavy atom. The van der Waals surface area contributed by atoms with Gasteiger partial charge in [0.1, 0.15) is 18.1 Å². The average Bonchev–Trinajstić information content (AvgIpc) is 2.69. The molecule has 0 amide bonds. The molecule has 2 rings (SSSR count). The fourth-order valence-electron chi connectivity index (χ4n) is 2.31. The van der Waals surface area contributed by atoms with Crippen LogP contribution in [0.5, 0.6) is 23.0 Å². The highest BCUT2D eigenvalue weighted by Gasteiger charge is 2.10. The second-order valence-electron chi connectivity index (χ2n) is 5.24. The van der Waals surface area contributed by atoms with Crippen LogP contribution in [0.15, 0.2) is 42.5 Å². The number of hydrogen-bond donors (Lipinski definition) is 0. The molecular weight excluding hydrogens is 336 g/mol. The van der Waals surface area contributed by atoms with Crippen molar-refractivity contribution in [2.75, 3.05) is 28.4 Å². The maximum absolute atomic E-state index is 12.0. The lowest BCUT2D eigenvalue weighted by molar-refractivity contribution is -0.138. The minimum absolute atomic E-state index is 0.156. The standard InChI is InChI=1S/C20H22O6/c1-22-16-7-5-6-14(10-16)13-26-20(21)9-8-15-11-18(24-3)19(25-4)12-17(15)23-2/h5-12H,13H2,1-4H3/b9-8+. The van der Waals surface area contributed by atoms with E-state index in [1.54, 1.807) is 46.6 Å². The van der Waals surface area contributed by atoms with Crippen LogP contribution in [0, 0.1) is 0 Å². The summed E-state index contributed by atoms with van der Waals surface area (Å²) >= 11 is 0. The Morgan fingerprint density at radius 1 is 0.885 bits per heavy atom. The first-order valence-corrected chi connectivity index (χ1v) is 7.89. The van der Waals surface area contributed by atoms with E-state index in [1.165, 1.54) is 6.08 Å². The van der Waals surface area contributed by atoms with E-state index in [4.69, 9.17) is 23.7 Å². The molecule has 0 N–H and O–H groups in total. The third-order valence-electron chi connectivity index (χ3n) is 3.65. The number of carbonyl (C=O) groups excluding carboxylic acids is 1. The molecule has 0 saturated heterocycles. The van der Waals surface area contributed by atoms with Gasteiger partial charge in [-0.2, -0.15) is 0 Å². The van der Waals surface area contributed by atoms with Crippen LogP contribution < -0.4 is 18.9 Å². The van der Waals surface area contributed by atoms with E-state index in [9.17, 15) is 4.79 Å². The van der Waals surface area contributed by atoms with Crippen molar-refractivity contribution in [3.63, 3.8) is 0 Å². The molecule has 2 aromatic carbocycles. The average molecular weight is 358 g/mol. The van der Waals surface area contributed by atoms with Gasteiger partial charge < -0.3 is 23.7 Å². The van der Waals surface area contributed by atoms with Gasteiger partial charge in [0, 0.05) is 17.7 Å². The molecule has 0 aromatic heterocycles. The zero-order valence-corrected chi connectivity index (χ0v) is 15.3. The summed E-state index contributed by atoms with van der Waals surface area (Å²) in [6.45, 7) is 0.156. The number of rotatable bonds is 8. The lowest BCUT2D eigenvalue weighted by Gasteiger charge is -2.12. The molecule has 0 aliphatic rings. The van der Waals surface area contributed by atoms with Crippen LogP contribution in [0.25, 0.3) is 6.08 Å². The number of hydrogen-bond acceptors (Lipinski definition) is 6. The van der Waals surface area contributed by atoms with Gasteiger partial charge in [0.2, 0.25) is 0 Å². The summed E-state index contributed by atoms with van der Waals surface area (Å²) < 4.78 is 26.2. The van der Waals surface area contributed by atoms with Crippen molar-refractivity contribution in [3.8, 4) is 23.0 Å². The molecule has 6 heteroatoms. The fraction of sp³-hybridized carbons (Fsp3) is 0.250. The van der Waals surface area contributed by atoms with Gasteiger partial charge in [0.15, 0.2) is 11.5 Å². The van der Waals surface area contributed by atoms with Gasteiger partial charge >= 0.3 is 5.97 Å². The summed E-state index contributed by atoms with van der Waals surface area (Å²) in [5.74, 6) is 1.88. The van der Waals surface area contributed by atoms with Gasteiger partial charge in [-0.05, 0) is 29.8 Å². The third kappa shape index (κ3) is 4.92. The van der Waals surface area contributed by atoms with Crippen LogP contribution in [-0.2, 0) is 16.1 Å². The van der Waals surface area contributed by atoms with Gasteiger partial charge in [0.05, 0.1) is 28.4 Å². The van der Waals surface area contributed by atoms with Crippen LogP contribution in [0.2, 0.25) is 0 Å². The molecule has 0 saturated carbocycles. The van der Waals surface area contributed by atoms with Crippen LogP contribution in [-0.4, -0.2) is 34.4 Å². The Hall–Kier alpha value is -3.15. The van der Waals surface area contributed by atoms with Gasteiger partial charge in [-0.15, -0.1) is 0 Å². The van der Waals surface area contributed by atoms with Crippen molar-refractivity contribution in [3.05, 3.63) is 53.6 Å². The molecule has 0 aliphatic carbocycles. The van der Waals surface area contributed by atoms with Crippen molar-refractivity contribution in [2.24, 2.45) is 0 Å². The molecule has 0 fully saturated rings. The first kappa shape index (κ1) is 19.2. The van der Waals surface area contributed by atoms with Crippen molar-refractivity contribution >= 4 is 12.0 Å². The van der Waals surface area contributed by atoms with Crippen molar-refractivity contribution < 1.29 is 28.5 Å². The maximum atomic E-state index is 12.0. The highest BCUT2D eigenvalue weighted by atomic mass is 16.5. The Bertz CT molecular complexity index is 782. The smallest absolute Gasteiger partial charge is 0.331 e. The molecule has 0 radical (unpaired) electrons. The Kier molecular flexibility index (Phi) is 6.91. The van der Waals surface area contributed by atoms with E-state index >= 15 is 0 Å². The lowest BCUT2D eigenvalue weighted by Crippen LogP contribution is -2.01. The van der Waals surface area contributed by atoms with Crippen LogP contribution in [0.4, 0.5) is 0 Å². The minimum atomic E-state index is -0.468. The van der Waals surface area contributed by atoms with Gasteiger partial charge in [-0.25, -0.2) is 4.79 Å². The quantitative estimate of drug-likeness (QED) is 0.532. The fourth-order valence-corrected chi connectivity index (χ4v) is 2.31. The summed E-state index contributed by atoms with van der Waals surface area (Å²) in [5, 5.41) is 0. The molecule has 0 aliphatic heterocycles. The third-order valence-corrected chi connectivity index (χ3v) is 3.65. The number of benzene rings is 2. The molecule has 0 unspecified atom stereocenters. The summed E-state index contributed by atoms with van der Waals surface area (Å²) in [7, 11) is 6.22. The highest BCUT2D eigenvalue weighted by molar-refractivity contribution is 5.87. The molecule has 138 valence electrons. The predicted molar refractivity (Wildman–Crippen MR) is 97.9 cm³/mol. The van der Waals surface area contributed by atoms with Crippen molar-refractivity contribution in [2.45, 2.75) is 6.61 Å². The highest BCUT2D eigenvalue weighted by Crippen LogP contribution is 2.35. The van der Waals surface area contributed by atoms with E-state index in [-0.39, 0.29) is 6.61 Å². The van der Waals surface area contributed by atoms with E-state index in [2.05, 4.69) is 0 Å². The van der Waals surface area contributed by atoms with E-state index in [0.29, 0.717) is 28.6 Å². The monoisotopic (exact) mass is 358 g/mol. The van der Waals surface area contributed by atoms with Gasteiger partial charge in [-0.1, -0.05) is 12.1 Å². The maximum Gasteiger partial charge on any atom is 0.331 e. The molecule has 0 atom stereocenters. The molecule has 26 heavy (non-hydrogen) atoms. The minimum Gasteiger partial charge on any atom is -0.497 e. The summed E-state index contributed by atoms with van der Waals surface area (Å²) in [5.41, 5.74) is 1.51.